The molecule has 6 nitrogen and oxygen atoms in total. The van der Waals surface area contributed by atoms with Gasteiger partial charge in [-0.05, 0) is 30.5 Å². The predicted molar refractivity (Wildman–Crippen MR) is 68.4 cm³/mol. The minimum Gasteiger partial charge on any atom is -0.335 e. The number of carbonyl (C=O) groups is 1. The van der Waals surface area contributed by atoms with Gasteiger partial charge in [0, 0.05) is 11.7 Å². The molecule has 1 aromatic carbocycles. The summed E-state index contributed by atoms with van der Waals surface area (Å²) < 4.78 is 21.8. The van der Waals surface area contributed by atoms with Crippen molar-refractivity contribution >= 4 is 21.7 Å². The van der Waals surface area contributed by atoms with Crippen LogP contribution in [0.1, 0.15) is 18.4 Å². The van der Waals surface area contributed by atoms with Crippen molar-refractivity contribution < 1.29 is 13.2 Å². The van der Waals surface area contributed by atoms with Gasteiger partial charge in [0.25, 0.3) is 0 Å². The summed E-state index contributed by atoms with van der Waals surface area (Å²) in [7, 11) is -3.52. The number of hydrogen-bond acceptors (Lipinski definition) is 3. The second kappa shape index (κ2) is 4.95. The van der Waals surface area contributed by atoms with Crippen molar-refractivity contribution in [3.8, 4) is 0 Å². The Labute approximate surface area is 106 Å². The molecule has 0 spiro atoms. The summed E-state index contributed by atoms with van der Waals surface area (Å²) in [4.78, 5) is 11.4. The lowest BCUT2D eigenvalue weighted by molar-refractivity contribution is 0.251. The van der Waals surface area contributed by atoms with Gasteiger partial charge in [0.2, 0.25) is 10.0 Å². The van der Waals surface area contributed by atoms with Crippen LogP contribution in [0.3, 0.4) is 0 Å². The summed E-state index contributed by atoms with van der Waals surface area (Å²) in [6.07, 6.45) is 2.06. The molecule has 7 heteroatoms. The molecule has 0 saturated heterocycles. The molecule has 0 radical (unpaired) electrons. The lowest BCUT2D eigenvalue weighted by atomic mass is 10.2. The summed E-state index contributed by atoms with van der Waals surface area (Å²) in [5, 5.41) is 10.4. The molecular weight excluding hydrogens is 254 g/mol. The Bertz CT molecular complexity index is 535. The van der Waals surface area contributed by atoms with Gasteiger partial charge >= 0.3 is 6.03 Å². The summed E-state index contributed by atoms with van der Waals surface area (Å²) in [6, 6.07) is 6.59. The molecule has 1 saturated carbocycles. The third-order valence-electron chi connectivity index (χ3n) is 2.49. The first-order chi connectivity index (χ1) is 8.42. The molecule has 0 atom stereocenters. The van der Waals surface area contributed by atoms with Crippen molar-refractivity contribution in [2.24, 2.45) is 5.14 Å². The van der Waals surface area contributed by atoms with Gasteiger partial charge in [-0.25, -0.2) is 18.4 Å². The van der Waals surface area contributed by atoms with Crippen molar-refractivity contribution in [1.82, 2.24) is 5.32 Å². The average molecular weight is 269 g/mol. The Balaban J connectivity index is 1.92. The SMILES string of the molecule is NS(=O)(=O)Cc1ccc(NC(=O)NC2CC2)cc1. The Kier molecular flexibility index (Phi) is 3.53. The Morgan fingerprint density at radius 1 is 1.28 bits per heavy atom. The van der Waals surface area contributed by atoms with Crippen LogP contribution in [0.2, 0.25) is 0 Å². The highest BCUT2D eigenvalue weighted by Crippen LogP contribution is 2.19. The number of carbonyl (C=O) groups excluding carboxylic acids is 1. The molecule has 0 aromatic heterocycles. The zero-order valence-corrected chi connectivity index (χ0v) is 10.5. The smallest absolute Gasteiger partial charge is 0.319 e. The third-order valence-corrected chi connectivity index (χ3v) is 3.23. The van der Waals surface area contributed by atoms with Gasteiger partial charge in [-0.1, -0.05) is 12.1 Å². The number of urea groups is 1. The number of hydrogen-bond donors (Lipinski definition) is 3. The lowest BCUT2D eigenvalue weighted by Gasteiger charge is -2.07. The quantitative estimate of drug-likeness (QED) is 0.752. The maximum absolute atomic E-state index is 11.4. The van der Waals surface area contributed by atoms with Crippen molar-refractivity contribution in [1.29, 1.82) is 0 Å². The largest absolute Gasteiger partial charge is 0.335 e. The van der Waals surface area contributed by atoms with Crippen molar-refractivity contribution in [2.75, 3.05) is 5.32 Å². The Morgan fingerprint density at radius 2 is 1.89 bits per heavy atom. The van der Waals surface area contributed by atoms with Gasteiger partial charge in [-0.3, -0.25) is 0 Å². The van der Waals surface area contributed by atoms with E-state index in [0.717, 1.165) is 12.8 Å². The number of benzene rings is 1. The van der Waals surface area contributed by atoms with Gasteiger partial charge in [0.1, 0.15) is 0 Å². The van der Waals surface area contributed by atoms with E-state index < -0.39 is 10.0 Å². The standard InChI is InChI=1S/C11H15N3O3S/c12-18(16,17)7-8-1-3-9(4-2-8)13-11(15)14-10-5-6-10/h1-4,10H,5-7H2,(H2,12,16,17)(H2,13,14,15). The van der Waals surface area contributed by atoms with Gasteiger partial charge in [0.05, 0.1) is 5.75 Å². The van der Waals surface area contributed by atoms with Crippen molar-refractivity contribution in [3.63, 3.8) is 0 Å². The number of primary sulfonamides is 1. The fraction of sp³-hybridized carbons (Fsp3) is 0.364. The number of sulfonamides is 1. The van der Waals surface area contributed by atoms with Crippen LogP contribution in [-0.2, 0) is 15.8 Å². The van der Waals surface area contributed by atoms with Gasteiger partial charge in [-0.2, -0.15) is 0 Å². The number of anilines is 1. The van der Waals surface area contributed by atoms with E-state index in [0.29, 0.717) is 17.3 Å². The van der Waals surface area contributed by atoms with Crippen LogP contribution in [0.15, 0.2) is 24.3 Å². The van der Waals surface area contributed by atoms with Crippen LogP contribution >= 0.6 is 0 Å². The van der Waals surface area contributed by atoms with Crippen LogP contribution in [0.25, 0.3) is 0 Å². The average Bonchev–Trinajstić information content (AvgIpc) is 3.02. The van der Waals surface area contributed by atoms with E-state index in [9.17, 15) is 13.2 Å². The molecule has 4 N–H and O–H groups in total. The van der Waals surface area contributed by atoms with Gasteiger partial charge < -0.3 is 10.6 Å². The minimum atomic E-state index is -3.52. The van der Waals surface area contributed by atoms with E-state index in [4.69, 9.17) is 5.14 Å². The molecule has 1 aliphatic rings. The molecule has 2 amide bonds. The highest BCUT2D eigenvalue weighted by atomic mass is 32.2. The normalized spacial score (nSPS) is 15.2. The summed E-state index contributed by atoms with van der Waals surface area (Å²) in [5.41, 5.74) is 1.21. The molecule has 1 aliphatic carbocycles. The van der Waals surface area contributed by atoms with E-state index in [1.165, 1.54) is 0 Å². The van der Waals surface area contributed by atoms with E-state index in [-0.39, 0.29) is 11.8 Å². The van der Waals surface area contributed by atoms with Crippen LogP contribution < -0.4 is 15.8 Å². The molecule has 0 aliphatic heterocycles. The zero-order chi connectivity index (χ0) is 13.2. The van der Waals surface area contributed by atoms with Crippen molar-refractivity contribution in [2.45, 2.75) is 24.6 Å². The van der Waals surface area contributed by atoms with E-state index in [1.54, 1.807) is 24.3 Å². The third kappa shape index (κ3) is 4.34. The van der Waals surface area contributed by atoms with Crippen molar-refractivity contribution in [3.05, 3.63) is 29.8 Å². The van der Waals surface area contributed by atoms with Gasteiger partial charge in [-0.15, -0.1) is 0 Å². The number of nitrogens with one attached hydrogen (secondary N) is 2. The lowest BCUT2D eigenvalue weighted by Crippen LogP contribution is -2.30. The molecule has 1 aromatic rings. The fourth-order valence-corrected chi connectivity index (χ4v) is 2.15. The highest BCUT2D eigenvalue weighted by Gasteiger charge is 2.23. The van der Waals surface area contributed by atoms with Crippen LogP contribution in [0.5, 0.6) is 0 Å². The summed E-state index contributed by atoms with van der Waals surface area (Å²) in [6.45, 7) is 0. The number of rotatable bonds is 4. The summed E-state index contributed by atoms with van der Waals surface area (Å²) >= 11 is 0. The maximum atomic E-state index is 11.4. The topological polar surface area (TPSA) is 101 Å². The summed E-state index contributed by atoms with van der Waals surface area (Å²) in [5.74, 6) is -0.207. The maximum Gasteiger partial charge on any atom is 0.319 e. The molecule has 0 unspecified atom stereocenters. The minimum absolute atomic E-state index is 0.207. The van der Waals surface area contributed by atoms with Crippen LogP contribution in [-0.4, -0.2) is 20.5 Å². The number of nitrogens with two attached hydrogens (primary N) is 1. The first-order valence-electron chi connectivity index (χ1n) is 5.59. The second-order valence-corrected chi connectivity index (χ2v) is 5.99. The molecular formula is C11H15N3O3S. The fourth-order valence-electron chi connectivity index (χ4n) is 1.50. The first kappa shape index (κ1) is 12.8. The highest BCUT2D eigenvalue weighted by molar-refractivity contribution is 7.88. The van der Waals surface area contributed by atoms with Crippen LogP contribution in [0, 0.1) is 0 Å². The van der Waals surface area contributed by atoms with Crippen LogP contribution in [0.4, 0.5) is 10.5 Å². The predicted octanol–water partition coefficient (Wildman–Crippen LogP) is 0.759. The Hall–Kier alpha value is -1.60. The molecule has 0 bridgehead atoms. The van der Waals surface area contributed by atoms with E-state index in [1.807, 2.05) is 0 Å². The molecule has 2 rings (SSSR count). The zero-order valence-electron chi connectivity index (χ0n) is 9.72. The van der Waals surface area contributed by atoms with E-state index >= 15 is 0 Å². The molecule has 18 heavy (non-hydrogen) atoms. The molecule has 1 fully saturated rings. The Morgan fingerprint density at radius 3 is 2.39 bits per heavy atom. The van der Waals surface area contributed by atoms with E-state index in [2.05, 4.69) is 10.6 Å². The van der Waals surface area contributed by atoms with Gasteiger partial charge in [0.15, 0.2) is 0 Å². The molecule has 98 valence electrons. The second-order valence-electron chi connectivity index (χ2n) is 4.38. The monoisotopic (exact) mass is 269 g/mol. The molecule has 0 heterocycles. The number of amides is 2. The first-order valence-corrected chi connectivity index (χ1v) is 7.31.